The van der Waals surface area contributed by atoms with Crippen LogP contribution in [0.5, 0.6) is 0 Å². The molecule has 3 N–H and O–H groups in total. The molecule has 0 saturated carbocycles. The molecule has 104 valence electrons. The fourth-order valence-electron chi connectivity index (χ4n) is 2.16. The number of nitrogen functional groups attached to an aromatic ring is 1. The maximum atomic E-state index is 12.4. The Kier molecular flexibility index (Phi) is 3.77. The molecule has 2 aromatic heterocycles. The summed E-state index contributed by atoms with van der Waals surface area (Å²) in [6, 6.07) is 0. The van der Waals surface area contributed by atoms with Gasteiger partial charge in [0.1, 0.15) is 9.71 Å². The van der Waals surface area contributed by atoms with Crippen molar-refractivity contribution in [3.63, 3.8) is 0 Å². The Morgan fingerprint density at radius 1 is 1.58 bits per heavy atom. The van der Waals surface area contributed by atoms with Crippen LogP contribution in [0.2, 0.25) is 0 Å². The summed E-state index contributed by atoms with van der Waals surface area (Å²) in [4.78, 5) is 15.4. The van der Waals surface area contributed by atoms with Crippen LogP contribution in [0.25, 0.3) is 10.2 Å². The number of anilines is 1. The average Bonchev–Trinajstić information content (AvgIpc) is 2.85. The lowest BCUT2D eigenvalue weighted by molar-refractivity contribution is 0.0738. The van der Waals surface area contributed by atoms with E-state index >= 15 is 0 Å². The molecule has 0 aliphatic rings. The highest BCUT2D eigenvalue weighted by molar-refractivity contribution is 7.21. The molecule has 0 atom stereocenters. The highest BCUT2D eigenvalue weighted by Crippen LogP contribution is 2.36. The topological polar surface area (TPSA) is 84.4 Å². The quantitative estimate of drug-likeness (QED) is 0.875. The Labute approximate surface area is 115 Å². The lowest BCUT2D eigenvalue weighted by Gasteiger charge is -2.18. The first-order chi connectivity index (χ1) is 9.01. The van der Waals surface area contributed by atoms with Crippen LogP contribution in [-0.4, -0.2) is 45.4 Å². The van der Waals surface area contributed by atoms with E-state index in [0.717, 1.165) is 15.9 Å². The number of nitrogens with two attached hydrogens (primary N) is 1. The van der Waals surface area contributed by atoms with E-state index in [0.29, 0.717) is 23.7 Å². The molecule has 0 unspecified atom stereocenters. The minimum Gasteiger partial charge on any atom is -0.397 e. The number of aromatic nitrogens is 2. The van der Waals surface area contributed by atoms with Gasteiger partial charge in [-0.2, -0.15) is 5.10 Å². The van der Waals surface area contributed by atoms with Crippen molar-refractivity contribution in [3.05, 3.63) is 10.6 Å². The number of thiophene rings is 1. The molecule has 0 aliphatic heterocycles. The van der Waals surface area contributed by atoms with Crippen LogP contribution in [0.1, 0.15) is 22.3 Å². The van der Waals surface area contributed by atoms with E-state index in [9.17, 15) is 4.79 Å². The highest BCUT2D eigenvalue weighted by Gasteiger charge is 2.23. The second kappa shape index (κ2) is 5.18. The molecule has 0 radical (unpaired) electrons. The van der Waals surface area contributed by atoms with Gasteiger partial charge < -0.3 is 15.7 Å². The van der Waals surface area contributed by atoms with Crippen LogP contribution < -0.4 is 5.73 Å². The summed E-state index contributed by atoms with van der Waals surface area (Å²) in [6.45, 7) is 4.57. The van der Waals surface area contributed by atoms with Crippen LogP contribution in [0.15, 0.2) is 0 Å². The highest BCUT2D eigenvalue weighted by atomic mass is 32.1. The van der Waals surface area contributed by atoms with Gasteiger partial charge in [0.15, 0.2) is 0 Å². The molecule has 0 aromatic carbocycles. The maximum absolute atomic E-state index is 12.4. The third-order valence-electron chi connectivity index (χ3n) is 3.12. The van der Waals surface area contributed by atoms with E-state index in [1.165, 1.54) is 11.3 Å². The average molecular weight is 282 g/mol. The standard InChI is InChI=1S/C12H18N4O2S/c1-4-16(5-6-17)11(18)10-9(13)8-7(2)14-15(3)12(8)19-10/h17H,4-6,13H2,1-3H3. The number of carbonyl (C=O) groups excluding carboxylic acids is 1. The largest absolute Gasteiger partial charge is 0.397 e. The second-order valence-corrected chi connectivity index (χ2v) is 5.34. The number of hydrogen-bond donors (Lipinski definition) is 2. The number of rotatable bonds is 4. The van der Waals surface area contributed by atoms with Gasteiger partial charge in [0.2, 0.25) is 0 Å². The number of aliphatic hydroxyl groups excluding tert-OH is 1. The van der Waals surface area contributed by atoms with Crippen molar-refractivity contribution in [1.29, 1.82) is 0 Å². The van der Waals surface area contributed by atoms with Gasteiger partial charge in [0.05, 0.1) is 23.4 Å². The van der Waals surface area contributed by atoms with Crippen LogP contribution in [0.4, 0.5) is 5.69 Å². The lowest BCUT2D eigenvalue weighted by Crippen LogP contribution is -2.33. The van der Waals surface area contributed by atoms with Crippen molar-refractivity contribution in [2.45, 2.75) is 13.8 Å². The SMILES string of the molecule is CCN(CCO)C(=O)c1sc2c(c(C)nn2C)c1N. The lowest BCUT2D eigenvalue weighted by atomic mass is 10.2. The van der Waals surface area contributed by atoms with Crippen LogP contribution in [0.3, 0.4) is 0 Å². The van der Waals surface area contributed by atoms with E-state index in [1.54, 1.807) is 9.58 Å². The third kappa shape index (κ3) is 2.19. The Morgan fingerprint density at radius 3 is 2.79 bits per heavy atom. The third-order valence-corrected chi connectivity index (χ3v) is 4.38. The van der Waals surface area contributed by atoms with E-state index in [2.05, 4.69) is 5.10 Å². The Hall–Kier alpha value is -1.60. The first-order valence-electron chi connectivity index (χ1n) is 6.12. The smallest absolute Gasteiger partial charge is 0.266 e. The zero-order valence-corrected chi connectivity index (χ0v) is 12.1. The Balaban J connectivity index is 2.48. The molecule has 1 amide bonds. The summed E-state index contributed by atoms with van der Waals surface area (Å²) in [7, 11) is 1.84. The molecule has 6 nitrogen and oxygen atoms in total. The number of nitrogens with zero attached hydrogens (tertiary/aromatic N) is 3. The summed E-state index contributed by atoms with van der Waals surface area (Å²) in [5.41, 5.74) is 7.41. The number of likely N-dealkylation sites (N-methyl/N-ethyl adjacent to an activating group) is 1. The number of aryl methyl sites for hydroxylation is 2. The predicted octanol–water partition coefficient (Wildman–Crippen LogP) is 0.980. The van der Waals surface area contributed by atoms with E-state index < -0.39 is 0 Å². The van der Waals surface area contributed by atoms with Gasteiger partial charge in [-0.15, -0.1) is 11.3 Å². The van der Waals surface area contributed by atoms with Crippen molar-refractivity contribution < 1.29 is 9.90 Å². The molecule has 0 spiro atoms. The zero-order valence-electron chi connectivity index (χ0n) is 11.3. The first-order valence-corrected chi connectivity index (χ1v) is 6.94. The number of aliphatic hydroxyl groups is 1. The molecule has 0 aliphatic carbocycles. The summed E-state index contributed by atoms with van der Waals surface area (Å²) >= 11 is 1.35. The predicted molar refractivity (Wildman–Crippen MR) is 76.4 cm³/mol. The van der Waals surface area contributed by atoms with E-state index in [1.807, 2.05) is 20.9 Å². The molecule has 0 bridgehead atoms. The summed E-state index contributed by atoms with van der Waals surface area (Å²) in [5.74, 6) is -0.130. The van der Waals surface area contributed by atoms with Gasteiger partial charge in [0.25, 0.3) is 5.91 Å². The zero-order chi connectivity index (χ0) is 14.2. The van der Waals surface area contributed by atoms with Crippen molar-refractivity contribution in [2.24, 2.45) is 7.05 Å². The Morgan fingerprint density at radius 2 is 2.26 bits per heavy atom. The van der Waals surface area contributed by atoms with E-state index in [4.69, 9.17) is 10.8 Å². The monoisotopic (exact) mass is 282 g/mol. The molecule has 7 heteroatoms. The summed E-state index contributed by atoms with van der Waals surface area (Å²) in [5, 5.41) is 14.1. The minimum atomic E-state index is -0.130. The summed E-state index contributed by atoms with van der Waals surface area (Å²) < 4.78 is 1.74. The Bertz CT molecular complexity index is 617. The molecule has 2 rings (SSSR count). The van der Waals surface area contributed by atoms with Gasteiger partial charge in [-0.1, -0.05) is 0 Å². The van der Waals surface area contributed by atoms with Gasteiger partial charge in [0, 0.05) is 20.1 Å². The van der Waals surface area contributed by atoms with Crippen LogP contribution >= 0.6 is 11.3 Å². The van der Waals surface area contributed by atoms with Gasteiger partial charge in [-0.3, -0.25) is 9.48 Å². The molecule has 19 heavy (non-hydrogen) atoms. The van der Waals surface area contributed by atoms with Crippen LogP contribution in [0, 0.1) is 6.92 Å². The number of carbonyl (C=O) groups is 1. The molecular weight excluding hydrogens is 264 g/mol. The van der Waals surface area contributed by atoms with Crippen molar-refractivity contribution in [1.82, 2.24) is 14.7 Å². The summed E-state index contributed by atoms with van der Waals surface area (Å²) in [6.07, 6.45) is 0. The van der Waals surface area contributed by atoms with Gasteiger partial charge >= 0.3 is 0 Å². The van der Waals surface area contributed by atoms with Gasteiger partial charge in [-0.25, -0.2) is 0 Å². The van der Waals surface area contributed by atoms with Crippen LogP contribution in [-0.2, 0) is 7.05 Å². The fourth-order valence-corrected chi connectivity index (χ4v) is 3.31. The normalized spacial score (nSPS) is 11.2. The number of fused-ring (bicyclic) bond motifs is 1. The van der Waals surface area contributed by atoms with Gasteiger partial charge in [-0.05, 0) is 13.8 Å². The molecule has 2 heterocycles. The van der Waals surface area contributed by atoms with Crippen molar-refractivity contribution in [2.75, 3.05) is 25.4 Å². The molecule has 0 fully saturated rings. The first kappa shape index (κ1) is 13.8. The van der Waals surface area contributed by atoms with Crippen molar-refractivity contribution >= 4 is 33.1 Å². The second-order valence-electron chi connectivity index (χ2n) is 4.34. The number of hydrogen-bond acceptors (Lipinski definition) is 5. The molecule has 2 aromatic rings. The molecule has 0 saturated heterocycles. The maximum Gasteiger partial charge on any atom is 0.266 e. The van der Waals surface area contributed by atoms with Crippen molar-refractivity contribution in [3.8, 4) is 0 Å². The van der Waals surface area contributed by atoms with E-state index in [-0.39, 0.29) is 12.5 Å². The molecular formula is C12H18N4O2S. The minimum absolute atomic E-state index is 0.0506. The number of amides is 1. The fraction of sp³-hybridized carbons (Fsp3) is 0.500.